The van der Waals surface area contributed by atoms with E-state index in [-0.39, 0.29) is 29.4 Å². The average molecular weight is 437 g/mol. The lowest BCUT2D eigenvalue weighted by Gasteiger charge is -2.44. The van der Waals surface area contributed by atoms with E-state index in [4.69, 9.17) is 5.11 Å². The first kappa shape index (κ1) is 21.7. The SMILES string of the molecule is CC1CN(C(=O)c2c[nH]c3ccc(C(=O)C(=O)O)cc23)C(C)CN1Cc1ccc(F)cc1. The van der Waals surface area contributed by atoms with Crippen LogP contribution in [0.4, 0.5) is 4.39 Å². The molecule has 2 heterocycles. The first-order valence-electron chi connectivity index (χ1n) is 10.4. The molecule has 8 heteroatoms. The highest BCUT2D eigenvalue weighted by Crippen LogP contribution is 2.25. The number of hydrogen-bond donors (Lipinski definition) is 2. The largest absolute Gasteiger partial charge is 0.475 e. The summed E-state index contributed by atoms with van der Waals surface area (Å²) in [4.78, 5) is 43.4. The van der Waals surface area contributed by atoms with Gasteiger partial charge in [-0.3, -0.25) is 14.5 Å². The maximum Gasteiger partial charge on any atom is 0.377 e. The second kappa shape index (κ2) is 8.55. The van der Waals surface area contributed by atoms with E-state index in [0.717, 1.165) is 5.56 Å². The van der Waals surface area contributed by atoms with E-state index in [1.807, 2.05) is 6.92 Å². The zero-order valence-electron chi connectivity index (χ0n) is 17.8. The van der Waals surface area contributed by atoms with Gasteiger partial charge in [0.25, 0.3) is 11.7 Å². The van der Waals surface area contributed by atoms with Crippen LogP contribution in [-0.2, 0) is 11.3 Å². The fourth-order valence-corrected chi connectivity index (χ4v) is 4.24. The Bertz CT molecular complexity index is 1190. The van der Waals surface area contributed by atoms with Crippen molar-refractivity contribution in [3.05, 3.63) is 71.2 Å². The number of H-pyrrole nitrogens is 1. The van der Waals surface area contributed by atoms with Gasteiger partial charge in [-0.15, -0.1) is 0 Å². The van der Waals surface area contributed by atoms with Crippen LogP contribution in [0.2, 0.25) is 0 Å². The van der Waals surface area contributed by atoms with Crippen molar-refractivity contribution in [1.82, 2.24) is 14.8 Å². The lowest BCUT2D eigenvalue weighted by atomic mass is 10.0. The van der Waals surface area contributed by atoms with Gasteiger partial charge in [0.1, 0.15) is 5.82 Å². The fourth-order valence-electron chi connectivity index (χ4n) is 4.24. The van der Waals surface area contributed by atoms with Gasteiger partial charge in [0.15, 0.2) is 0 Å². The number of carboxylic acid groups (broad SMARTS) is 1. The summed E-state index contributed by atoms with van der Waals surface area (Å²) in [7, 11) is 0. The Balaban J connectivity index is 1.54. The van der Waals surface area contributed by atoms with Crippen LogP contribution in [0.1, 0.15) is 40.1 Å². The number of nitrogens with one attached hydrogen (secondary N) is 1. The Morgan fingerprint density at radius 2 is 1.78 bits per heavy atom. The van der Waals surface area contributed by atoms with Gasteiger partial charge in [-0.25, -0.2) is 9.18 Å². The zero-order chi connectivity index (χ0) is 23.0. The lowest BCUT2D eigenvalue weighted by molar-refractivity contribution is -0.131. The molecule has 0 saturated carbocycles. The average Bonchev–Trinajstić information content (AvgIpc) is 3.19. The molecule has 1 aliphatic rings. The molecule has 4 rings (SSSR count). The van der Waals surface area contributed by atoms with Crippen LogP contribution in [0.15, 0.2) is 48.7 Å². The van der Waals surface area contributed by atoms with E-state index >= 15 is 0 Å². The summed E-state index contributed by atoms with van der Waals surface area (Å²) < 4.78 is 13.2. The van der Waals surface area contributed by atoms with Gasteiger partial charge in [0, 0.05) is 54.4 Å². The molecule has 2 N–H and O–H groups in total. The molecule has 0 aliphatic carbocycles. The molecule has 0 radical (unpaired) electrons. The summed E-state index contributed by atoms with van der Waals surface area (Å²) in [6, 6.07) is 11.0. The van der Waals surface area contributed by atoms with Gasteiger partial charge in [-0.05, 0) is 49.7 Å². The van der Waals surface area contributed by atoms with E-state index in [1.54, 1.807) is 29.3 Å². The highest BCUT2D eigenvalue weighted by molar-refractivity contribution is 6.40. The molecule has 1 aliphatic heterocycles. The number of piperazine rings is 1. The van der Waals surface area contributed by atoms with Crippen molar-refractivity contribution < 1.29 is 23.9 Å². The topological polar surface area (TPSA) is 93.7 Å². The molecule has 2 aromatic carbocycles. The van der Waals surface area contributed by atoms with Crippen molar-refractivity contribution in [3.8, 4) is 0 Å². The summed E-state index contributed by atoms with van der Waals surface area (Å²) in [5, 5.41) is 9.52. The molecule has 0 bridgehead atoms. The second-order valence-electron chi connectivity index (χ2n) is 8.31. The maximum atomic E-state index is 13.4. The Morgan fingerprint density at radius 3 is 2.47 bits per heavy atom. The Labute approximate surface area is 184 Å². The van der Waals surface area contributed by atoms with Crippen molar-refractivity contribution in [2.45, 2.75) is 32.5 Å². The second-order valence-corrected chi connectivity index (χ2v) is 8.31. The molecular weight excluding hydrogens is 413 g/mol. The molecule has 32 heavy (non-hydrogen) atoms. The molecule has 2 unspecified atom stereocenters. The summed E-state index contributed by atoms with van der Waals surface area (Å²) in [6.07, 6.45) is 1.60. The number of ketones is 1. The third-order valence-electron chi connectivity index (χ3n) is 6.04. The van der Waals surface area contributed by atoms with Crippen LogP contribution in [0.25, 0.3) is 10.9 Å². The molecule has 7 nitrogen and oxygen atoms in total. The summed E-state index contributed by atoms with van der Waals surface area (Å²) in [5.74, 6) is -2.98. The number of benzene rings is 2. The third-order valence-corrected chi connectivity index (χ3v) is 6.04. The van der Waals surface area contributed by atoms with Crippen LogP contribution in [0.3, 0.4) is 0 Å². The minimum atomic E-state index is -1.53. The third kappa shape index (κ3) is 4.13. The van der Waals surface area contributed by atoms with Crippen molar-refractivity contribution >= 4 is 28.6 Å². The zero-order valence-corrected chi connectivity index (χ0v) is 17.8. The normalized spacial score (nSPS) is 19.3. The molecule has 3 aromatic rings. The predicted octanol–water partition coefficient (Wildman–Crippen LogP) is 3.31. The number of Topliss-reactive ketones (excluding diaryl/α,β-unsaturated/α-hetero) is 1. The summed E-state index contributed by atoms with van der Waals surface area (Å²) >= 11 is 0. The molecule has 0 spiro atoms. The standard InChI is InChI=1S/C24H24FN3O4/c1-14-12-28(15(2)11-27(14)13-16-3-6-18(25)7-4-16)23(30)20-10-26-21-8-5-17(9-19(20)21)22(29)24(31)32/h3-10,14-15,26H,11-13H2,1-2H3,(H,31,32). The van der Waals surface area contributed by atoms with Crippen molar-refractivity contribution in [3.63, 3.8) is 0 Å². The molecule has 166 valence electrons. The number of amides is 1. The van der Waals surface area contributed by atoms with Gasteiger partial charge in [-0.1, -0.05) is 12.1 Å². The molecular formula is C24H24FN3O4. The first-order chi connectivity index (χ1) is 15.2. The number of carboxylic acids is 1. The minimum Gasteiger partial charge on any atom is -0.475 e. The van der Waals surface area contributed by atoms with Crippen LogP contribution in [0.5, 0.6) is 0 Å². The highest BCUT2D eigenvalue weighted by Gasteiger charge is 2.33. The number of aromatic nitrogens is 1. The van der Waals surface area contributed by atoms with Gasteiger partial charge < -0.3 is 15.0 Å². The first-order valence-corrected chi connectivity index (χ1v) is 10.4. The molecule has 2 atom stereocenters. The number of aromatic amines is 1. The number of carbonyl (C=O) groups excluding carboxylic acids is 2. The van der Waals surface area contributed by atoms with Gasteiger partial charge >= 0.3 is 5.97 Å². The van der Waals surface area contributed by atoms with Gasteiger partial charge in [0.05, 0.1) is 5.56 Å². The van der Waals surface area contributed by atoms with Crippen molar-refractivity contribution in [1.29, 1.82) is 0 Å². The number of nitrogens with zero attached hydrogens (tertiary/aromatic N) is 2. The van der Waals surface area contributed by atoms with Crippen molar-refractivity contribution in [2.75, 3.05) is 13.1 Å². The number of carbonyl (C=O) groups is 3. The molecule has 1 aromatic heterocycles. The highest BCUT2D eigenvalue weighted by atomic mass is 19.1. The van der Waals surface area contributed by atoms with Crippen LogP contribution < -0.4 is 0 Å². The minimum absolute atomic E-state index is 0.0317. The van der Waals surface area contributed by atoms with Crippen molar-refractivity contribution in [2.24, 2.45) is 0 Å². The summed E-state index contributed by atoms with van der Waals surface area (Å²) in [6.45, 7) is 5.88. The number of fused-ring (bicyclic) bond motifs is 1. The maximum absolute atomic E-state index is 13.4. The monoisotopic (exact) mass is 437 g/mol. The van der Waals surface area contributed by atoms with Crippen LogP contribution in [-0.4, -0.2) is 62.7 Å². The smallest absolute Gasteiger partial charge is 0.377 e. The van der Waals surface area contributed by atoms with Crippen LogP contribution in [0, 0.1) is 5.82 Å². The van der Waals surface area contributed by atoms with E-state index in [0.29, 0.717) is 36.1 Å². The Kier molecular flexibility index (Phi) is 5.80. The number of halogens is 1. The molecule has 1 amide bonds. The van der Waals surface area contributed by atoms with Gasteiger partial charge in [0.2, 0.25) is 0 Å². The Hall–Kier alpha value is -3.52. The van der Waals surface area contributed by atoms with Gasteiger partial charge in [-0.2, -0.15) is 0 Å². The predicted molar refractivity (Wildman–Crippen MR) is 117 cm³/mol. The molecule has 1 fully saturated rings. The summed E-state index contributed by atoms with van der Waals surface area (Å²) in [5.41, 5.74) is 2.11. The number of aliphatic carboxylic acids is 1. The lowest BCUT2D eigenvalue weighted by Crippen LogP contribution is -2.57. The number of hydrogen-bond acceptors (Lipinski definition) is 4. The van der Waals surface area contributed by atoms with Crippen LogP contribution >= 0.6 is 0 Å². The van der Waals surface area contributed by atoms with E-state index in [9.17, 15) is 18.8 Å². The fraction of sp³-hybridized carbons (Fsp3) is 0.292. The van der Waals surface area contributed by atoms with E-state index in [1.165, 1.54) is 24.3 Å². The Morgan fingerprint density at radius 1 is 1.06 bits per heavy atom. The molecule has 1 saturated heterocycles. The quantitative estimate of drug-likeness (QED) is 0.472. The number of rotatable bonds is 5. The van der Waals surface area contributed by atoms with E-state index < -0.39 is 11.8 Å². The van der Waals surface area contributed by atoms with E-state index in [2.05, 4.69) is 16.8 Å².